The number of halogens is 2. The van der Waals surface area contributed by atoms with Gasteiger partial charge in [-0.15, -0.1) is 11.6 Å². The van der Waals surface area contributed by atoms with Crippen molar-refractivity contribution < 1.29 is 9.15 Å². The molecule has 0 amide bonds. The van der Waals surface area contributed by atoms with Gasteiger partial charge in [0.1, 0.15) is 16.9 Å². The van der Waals surface area contributed by atoms with E-state index in [-0.39, 0.29) is 5.38 Å². The third kappa shape index (κ3) is 2.50. The minimum absolute atomic E-state index is 0.285. The monoisotopic (exact) mass is 314 g/mol. The molecule has 0 aliphatic rings. The normalized spacial score (nSPS) is 12.5. The van der Waals surface area contributed by atoms with E-state index < -0.39 is 0 Å². The Morgan fingerprint density at radius 1 is 1.35 bits per heavy atom. The summed E-state index contributed by atoms with van der Waals surface area (Å²) in [6.45, 7) is 1.98. The minimum Gasteiger partial charge on any atom is -0.496 e. The summed E-state index contributed by atoms with van der Waals surface area (Å²) in [6, 6.07) is 7.66. The second-order valence-corrected chi connectivity index (χ2v) is 5.02. The van der Waals surface area contributed by atoms with Crippen molar-refractivity contribution in [1.82, 2.24) is 0 Å². The Kier molecular flexibility index (Phi) is 3.79. The number of ether oxygens (including phenoxy) is 1. The Labute approximate surface area is 114 Å². The maximum absolute atomic E-state index is 6.39. The Hall–Kier alpha value is -0.930. The van der Waals surface area contributed by atoms with Crippen molar-refractivity contribution in [2.75, 3.05) is 7.11 Å². The van der Waals surface area contributed by atoms with Gasteiger partial charge in [0.05, 0.1) is 17.8 Å². The molecule has 0 saturated carbocycles. The fourth-order valence-corrected chi connectivity index (χ4v) is 2.55. The lowest BCUT2D eigenvalue weighted by Crippen LogP contribution is -1.94. The summed E-state index contributed by atoms with van der Waals surface area (Å²) in [5.74, 6) is 1.57. The molecule has 2 aromatic rings. The second kappa shape index (κ2) is 5.15. The van der Waals surface area contributed by atoms with E-state index in [0.717, 1.165) is 27.1 Å². The highest BCUT2D eigenvalue weighted by atomic mass is 79.9. The second-order valence-electron chi connectivity index (χ2n) is 3.72. The number of alkyl halides is 1. The van der Waals surface area contributed by atoms with Crippen LogP contribution in [0.15, 0.2) is 39.4 Å². The third-order valence-corrected chi connectivity index (χ3v) is 3.67. The standard InChI is InChI=1S/C13H12BrClO2/c1-8-5-6-17-13(8)12(15)9-3-4-11(16-2)10(14)7-9/h3-7,12H,1-2H3. The van der Waals surface area contributed by atoms with Crippen LogP contribution in [0.1, 0.15) is 22.3 Å². The van der Waals surface area contributed by atoms with Crippen LogP contribution in [0.2, 0.25) is 0 Å². The van der Waals surface area contributed by atoms with Crippen molar-refractivity contribution in [2.24, 2.45) is 0 Å². The highest BCUT2D eigenvalue weighted by Crippen LogP contribution is 2.35. The van der Waals surface area contributed by atoms with Crippen LogP contribution in [0.25, 0.3) is 0 Å². The van der Waals surface area contributed by atoms with Crippen molar-refractivity contribution in [2.45, 2.75) is 12.3 Å². The van der Waals surface area contributed by atoms with Crippen LogP contribution in [0.3, 0.4) is 0 Å². The first-order valence-corrected chi connectivity index (χ1v) is 6.38. The highest BCUT2D eigenvalue weighted by molar-refractivity contribution is 9.10. The molecule has 1 aromatic carbocycles. The van der Waals surface area contributed by atoms with Crippen molar-refractivity contribution in [3.05, 3.63) is 51.9 Å². The Morgan fingerprint density at radius 3 is 2.65 bits per heavy atom. The summed E-state index contributed by atoms with van der Waals surface area (Å²) < 4.78 is 11.5. The average Bonchev–Trinajstić information content (AvgIpc) is 2.74. The van der Waals surface area contributed by atoms with E-state index in [2.05, 4.69) is 15.9 Å². The van der Waals surface area contributed by atoms with Gasteiger partial charge in [-0.3, -0.25) is 0 Å². The smallest absolute Gasteiger partial charge is 0.133 e. The number of furan rings is 1. The van der Waals surface area contributed by atoms with E-state index in [9.17, 15) is 0 Å². The number of hydrogen-bond acceptors (Lipinski definition) is 2. The number of hydrogen-bond donors (Lipinski definition) is 0. The van der Waals surface area contributed by atoms with Crippen molar-refractivity contribution in [1.29, 1.82) is 0 Å². The van der Waals surface area contributed by atoms with Crippen molar-refractivity contribution in [3.63, 3.8) is 0 Å². The van der Waals surface area contributed by atoms with Gasteiger partial charge in [0.25, 0.3) is 0 Å². The lowest BCUT2D eigenvalue weighted by Gasteiger charge is -2.10. The van der Waals surface area contributed by atoms with E-state index >= 15 is 0 Å². The zero-order valence-electron chi connectivity index (χ0n) is 9.54. The molecule has 1 atom stereocenters. The summed E-state index contributed by atoms with van der Waals surface area (Å²) in [7, 11) is 1.63. The minimum atomic E-state index is -0.285. The third-order valence-electron chi connectivity index (χ3n) is 2.60. The lowest BCUT2D eigenvalue weighted by atomic mass is 10.1. The highest BCUT2D eigenvalue weighted by Gasteiger charge is 2.17. The predicted octanol–water partition coefficient (Wildman–Crippen LogP) is 4.69. The van der Waals surface area contributed by atoms with Crippen LogP contribution in [-0.4, -0.2) is 7.11 Å². The molecule has 17 heavy (non-hydrogen) atoms. The molecule has 0 bridgehead atoms. The van der Waals surface area contributed by atoms with E-state index in [1.165, 1.54) is 0 Å². The fourth-order valence-electron chi connectivity index (χ4n) is 1.64. The fraction of sp³-hybridized carbons (Fsp3) is 0.231. The van der Waals surface area contributed by atoms with Crippen LogP contribution >= 0.6 is 27.5 Å². The van der Waals surface area contributed by atoms with Gasteiger partial charge in [-0.2, -0.15) is 0 Å². The first-order valence-electron chi connectivity index (χ1n) is 5.15. The first-order chi connectivity index (χ1) is 8.13. The number of methoxy groups -OCH3 is 1. The van der Waals surface area contributed by atoms with Crippen molar-refractivity contribution in [3.8, 4) is 5.75 Å². The molecule has 0 spiro atoms. The molecule has 0 saturated heterocycles. The molecule has 2 nitrogen and oxygen atoms in total. The van der Waals surface area contributed by atoms with Crippen LogP contribution in [0.4, 0.5) is 0 Å². The van der Waals surface area contributed by atoms with Crippen LogP contribution in [0, 0.1) is 6.92 Å². The van der Waals surface area contributed by atoms with E-state index in [4.69, 9.17) is 20.8 Å². The van der Waals surface area contributed by atoms with Crippen LogP contribution in [-0.2, 0) is 0 Å². The van der Waals surface area contributed by atoms with Gasteiger partial charge >= 0.3 is 0 Å². The van der Waals surface area contributed by atoms with Crippen LogP contribution in [0.5, 0.6) is 5.75 Å². The van der Waals surface area contributed by atoms with Gasteiger partial charge in [-0.25, -0.2) is 0 Å². The van der Waals surface area contributed by atoms with Crippen molar-refractivity contribution >= 4 is 27.5 Å². The molecule has 0 N–H and O–H groups in total. The van der Waals surface area contributed by atoms with E-state index in [1.54, 1.807) is 13.4 Å². The molecule has 0 fully saturated rings. The molecule has 0 radical (unpaired) electrons. The largest absolute Gasteiger partial charge is 0.496 e. The molecule has 0 aliphatic carbocycles. The quantitative estimate of drug-likeness (QED) is 0.767. The maximum Gasteiger partial charge on any atom is 0.133 e. The summed E-state index contributed by atoms with van der Waals surface area (Å²) in [6.07, 6.45) is 1.65. The zero-order valence-corrected chi connectivity index (χ0v) is 11.9. The molecule has 1 aromatic heterocycles. The Morgan fingerprint density at radius 2 is 2.12 bits per heavy atom. The topological polar surface area (TPSA) is 22.4 Å². The predicted molar refractivity (Wildman–Crippen MR) is 71.8 cm³/mol. The summed E-state index contributed by atoms with van der Waals surface area (Å²) in [5.41, 5.74) is 2.02. The Bertz CT molecular complexity index is 522. The van der Waals surface area contributed by atoms with E-state index in [1.807, 2.05) is 31.2 Å². The molecule has 1 unspecified atom stereocenters. The van der Waals surface area contributed by atoms with Gasteiger partial charge in [0.2, 0.25) is 0 Å². The lowest BCUT2D eigenvalue weighted by molar-refractivity contribution is 0.412. The first kappa shape index (κ1) is 12.5. The van der Waals surface area contributed by atoms with Gasteiger partial charge in [0.15, 0.2) is 0 Å². The molecule has 1 heterocycles. The Balaban J connectivity index is 2.35. The molecule has 4 heteroatoms. The molecular weight excluding hydrogens is 303 g/mol. The summed E-state index contributed by atoms with van der Waals surface area (Å²) in [5, 5.41) is -0.285. The number of aryl methyl sites for hydroxylation is 1. The SMILES string of the molecule is COc1ccc(C(Cl)c2occc2C)cc1Br. The molecule has 0 aliphatic heterocycles. The molecule has 90 valence electrons. The maximum atomic E-state index is 6.39. The zero-order chi connectivity index (χ0) is 12.4. The number of benzene rings is 1. The number of rotatable bonds is 3. The van der Waals surface area contributed by atoms with Crippen LogP contribution < -0.4 is 4.74 Å². The summed E-state index contributed by atoms with van der Waals surface area (Å²) >= 11 is 9.83. The average molecular weight is 316 g/mol. The van der Waals surface area contributed by atoms with Gasteiger partial charge in [0, 0.05) is 0 Å². The summed E-state index contributed by atoms with van der Waals surface area (Å²) in [4.78, 5) is 0. The van der Waals surface area contributed by atoms with Gasteiger partial charge in [-0.1, -0.05) is 6.07 Å². The van der Waals surface area contributed by atoms with Gasteiger partial charge < -0.3 is 9.15 Å². The van der Waals surface area contributed by atoms with E-state index in [0.29, 0.717) is 0 Å². The molecule has 2 rings (SSSR count). The molecular formula is C13H12BrClO2. The van der Waals surface area contributed by atoms with Gasteiger partial charge in [-0.05, 0) is 52.2 Å².